The van der Waals surface area contributed by atoms with Crippen LogP contribution in [0.4, 0.5) is 5.82 Å². The lowest BCUT2D eigenvalue weighted by Gasteiger charge is -2.32. The van der Waals surface area contributed by atoms with Gasteiger partial charge in [-0.25, -0.2) is 4.68 Å². The Balaban J connectivity index is 2.03. The molecular weight excluding hydrogens is 356 g/mol. The fourth-order valence-corrected chi connectivity index (χ4v) is 3.48. The summed E-state index contributed by atoms with van der Waals surface area (Å²) in [6.45, 7) is 4.12. The maximum atomic E-state index is 9.51. The van der Waals surface area contributed by atoms with Crippen LogP contribution >= 0.6 is 15.9 Å². The summed E-state index contributed by atoms with van der Waals surface area (Å²) in [6.07, 6.45) is 2.02. The van der Waals surface area contributed by atoms with Crippen molar-refractivity contribution in [3.63, 3.8) is 0 Å². The summed E-state index contributed by atoms with van der Waals surface area (Å²) >= 11 is 3.42. The third kappa shape index (κ3) is 3.12. The summed E-state index contributed by atoms with van der Waals surface area (Å²) in [5.41, 5.74) is 8.21. The average molecular weight is 375 g/mol. The van der Waals surface area contributed by atoms with Crippen molar-refractivity contribution in [1.82, 2.24) is 9.78 Å². The molecule has 2 atom stereocenters. The number of ether oxygens (including phenoxy) is 1. The Hall–Kier alpha value is -1.84. The summed E-state index contributed by atoms with van der Waals surface area (Å²) in [4.78, 5) is 0. The van der Waals surface area contributed by atoms with Crippen molar-refractivity contribution in [3.05, 3.63) is 34.3 Å². The summed E-state index contributed by atoms with van der Waals surface area (Å²) < 4.78 is 8.58. The number of hydrogen-bond donors (Lipinski definition) is 1. The smallest absolute Gasteiger partial charge is 0.140 e. The predicted molar refractivity (Wildman–Crippen MR) is 92.8 cm³/mol. The van der Waals surface area contributed by atoms with Gasteiger partial charge in [0.15, 0.2) is 0 Å². The molecule has 0 aliphatic carbocycles. The summed E-state index contributed by atoms with van der Waals surface area (Å²) in [5.74, 6) is 0.441. The van der Waals surface area contributed by atoms with Gasteiger partial charge in [0.25, 0.3) is 0 Å². The normalized spacial score (nSPS) is 24.3. The summed E-state index contributed by atoms with van der Waals surface area (Å²) in [6, 6.07) is 10.1. The van der Waals surface area contributed by atoms with Gasteiger partial charge in [0.05, 0.1) is 18.2 Å². The number of nitrogens with two attached hydrogens (primary N) is 1. The van der Waals surface area contributed by atoms with Crippen molar-refractivity contribution in [2.75, 3.05) is 5.73 Å². The van der Waals surface area contributed by atoms with E-state index in [1.54, 1.807) is 0 Å². The van der Waals surface area contributed by atoms with E-state index in [0.29, 0.717) is 17.1 Å². The standard InChI is InChI=1S/C17H19BrN4O/c1-10-7-14(8-11(2)23-10)22-17(20)15(9-19)16(21-22)12-3-5-13(18)6-4-12/h3-6,10-11,14H,7-8,20H2,1-2H3. The number of nitriles is 1. The zero-order valence-electron chi connectivity index (χ0n) is 13.2. The largest absolute Gasteiger partial charge is 0.383 e. The van der Waals surface area contributed by atoms with Crippen LogP contribution in [-0.2, 0) is 4.74 Å². The Morgan fingerprint density at radius 2 is 1.87 bits per heavy atom. The van der Waals surface area contributed by atoms with Gasteiger partial charge in [-0.1, -0.05) is 28.1 Å². The zero-order valence-corrected chi connectivity index (χ0v) is 14.7. The number of rotatable bonds is 2. The van der Waals surface area contributed by atoms with E-state index in [4.69, 9.17) is 10.5 Å². The van der Waals surface area contributed by atoms with Gasteiger partial charge >= 0.3 is 0 Å². The molecule has 1 saturated heterocycles. The SMILES string of the molecule is CC1CC(n2nc(-c3ccc(Br)cc3)c(C#N)c2N)CC(C)O1. The van der Waals surface area contributed by atoms with E-state index in [1.165, 1.54) is 0 Å². The van der Waals surface area contributed by atoms with E-state index in [2.05, 4.69) is 40.9 Å². The fraction of sp³-hybridized carbons (Fsp3) is 0.412. The lowest BCUT2D eigenvalue weighted by molar-refractivity contribution is -0.0502. The van der Waals surface area contributed by atoms with Crippen LogP contribution in [0.25, 0.3) is 11.3 Å². The Morgan fingerprint density at radius 1 is 1.26 bits per heavy atom. The minimum atomic E-state index is 0.157. The molecule has 0 spiro atoms. The van der Waals surface area contributed by atoms with Crippen molar-refractivity contribution >= 4 is 21.7 Å². The monoisotopic (exact) mass is 374 g/mol. The van der Waals surface area contributed by atoms with Gasteiger partial charge in [-0.05, 0) is 38.8 Å². The first-order valence-electron chi connectivity index (χ1n) is 7.69. The lowest BCUT2D eigenvalue weighted by Crippen LogP contribution is -2.31. The third-order valence-electron chi connectivity index (χ3n) is 4.20. The number of aromatic nitrogens is 2. The van der Waals surface area contributed by atoms with Crippen LogP contribution in [0.15, 0.2) is 28.7 Å². The van der Waals surface area contributed by atoms with Crippen LogP contribution in [0.1, 0.15) is 38.3 Å². The van der Waals surface area contributed by atoms with E-state index >= 15 is 0 Å². The van der Waals surface area contributed by atoms with Crippen molar-refractivity contribution in [2.24, 2.45) is 0 Å². The number of nitrogens with zero attached hydrogens (tertiary/aromatic N) is 3. The molecule has 5 nitrogen and oxygen atoms in total. The number of benzene rings is 1. The van der Waals surface area contributed by atoms with Crippen LogP contribution in [-0.4, -0.2) is 22.0 Å². The molecule has 0 radical (unpaired) electrons. The van der Waals surface area contributed by atoms with Gasteiger partial charge in [-0.15, -0.1) is 0 Å². The molecule has 2 N–H and O–H groups in total. The first-order valence-corrected chi connectivity index (χ1v) is 8.48. The van der Waals surface area contributed by atoms with E-state index in [9.17, 15) is 5.26 Å². The first-order chi connectivity index (χ1) is 11.0. The zero-order chi connectivity index (χ0) is 16.6. The maximum Gasteiger partial charge on any atom is 0.140 e. The van der Waals surface area contributed by atoms with Gasteiger partial charge in [-0.2, -0.15) is 10.4 Å². The van der Waals surface area contributed by atoms with Gasteiger partial charge in [0.2, 0.25) is 0 Å². The molecule has 1 aromatic carbocycles. The average Bonchev–Trinajstić information content (AvgIpc) is 2.84. The molecule has 23 heavy (non-hydrogen) atoms. The molecule has 2 unspecified atom stereocenters. The van der Waals surface area contributed by atoms with Crippen LogP contribution < -0.4 is 5.73 Å². The molecular formula is C17H19BrN4O. The molecule has 0 saturated carbocycles. The minimum absolute atomic E-state index is 0.157. The van der Waals surface area contributed by atoms with E-state index < -0.39 is 0 Å². The first kappa shape index (κ1) is 16.0. The molecule has 120 valence electrons. The topological polar surface area (TPSA) is 76.9 Å². The van der Waals surface area contributed by atoms with Crippen molar-refractivity contribution < 1.29 is 4.74 Å². The third-order valence-corrected chi connectivity index (χ3v) is 4.72. The predicted octanol–water partition coefficient (Wildman–Crippen LogP) is 3.89. The molecule has 1 aromatic heterocycles. The molecule has 1 aliphatic rings. The second-order valence-electron chi connectivity index (χ2n) is 6.05. The summed E-state index contributed by atoms with van der Waals surface area (Å²) in [5, 5.41) is 14.2. The quantitative estimate of drug-likeness (QED) is 0.864. The number of hydrogen-bond acceptors (Lipinski definition) is 4. The molecule has 1 aliphatic heterocycles. The number of anilines is 1. The van der Waals surface area contributed by atoms with Gasteiger partial charge in [-0.3, -0.25) is 0 Å². The second kappa shape index (κ2) is 6.34. The highest BCUT2D eigenvalue weighted by Gasteiger charge is 2.29. The Morgan fingerprint density at radius 3 is 2.43 bits per heavy atom. The van der Waals surface area contributed by atoms with E-state index in [0.717, 1.165) is 22.9 Å². The van der Waals surface area contributed by atoms with Gasteiger partial charge in [0, 0.05) is 10.0 Å². The molecule has 2 aromatic rings. The second-order valence-corrected chi connectivity index (χ2v) is 6.97. The Labute approximate surface area is 144 Å². The highest BCUT2D eigenvalue weighted by atomic mass is 79.9. The Kier molecular flexibility index (Phi) is 4.42. The highest BCUT2D eigenvalue weighted by molar-refractivity contribution is 9.10. The van der Waals surface area contributed by atoms with E-state index in [1.807, 2.05) is 28.9 Å². The summed E-state index contributed by atoms with van der Waals surface area (Å²) in [7, 11) is 0. The molecule has 0 bridgehead atoms. The van der Waals surface area contributed by atoms with Crippen molar-refractivity contribution in [2.45, 2.75) is 44.9 Å². The van der Waals surface area contributed by atoms with Crippen molar-refractivity contribution in [3.8, 4) is 17.3 Å². The van der Waals surface area contributed by atoms with Gasteiger partial charge in [0.1, 0.15) is 23.1 Å². The number of halogens is 1. The highest BCUT2D eigenvalue weighted by Crippen LogP contribution is 2.34. The Bertz CT molecular complexity index is 737. The molecule has 3 rings (SSSR count). The minimum Gasteiger partial charge on any atom is -0.383 e. The van der Waals surface area contributed by atoms with Crippen molar-refractivity contribution in [1.29, 1.82) is 5.26 Å². The van der Waals surface area contributed by atoms with Gasteiger partial charge < -0.3 is 10.5 Å². The van der Waals surface area contributed by atoms with Crippen LogP contribution in [0, 0.1) is 11.3 Å². The van der Waals surface area contributed by atoms with Crippen LogP contribution in [0.2, 0.25) is 0 Å². The molecule has 1 fully saturated rings. The fourth-order valence-electron chi connectivity index (χ4n) is 3.22. The van der Waals surface area contributed by atoms with E-state index in [-0.39, 0.29) is 18.2 Å². The van der Waals surface area contributed by atoms with Crippen LogP contribution in [0.5, 0.6) is 0 Å². The van der Waals surface area contributed by atoms with Crippen LogP contribution in [0.3, 0.4) is 0 Å². The number of nitrogen functional groups attached to an aromatic ring is 1. The lowest BCUT2D eigenvalue weighted by atomic mass is 10.00. The molecule has 6 heteroatoms. The maximum absolute atomic E-state index is 9.51. The molecule has 2 heterocycles. The molecule has 0 amide bonds.